The number of benzene rings is 1. The zero-order chi connectivity index (χ0) is 18.9. The van der Waals surface area contributed by atoms with E-state index in [9.17, 15) is 9.59 Å². The Morgan fingerprint density at radius 2 is 1.88 bits per heavy atom. The van der Waals surface area contributed by atoms with E-state index in [1.165, 1.54) is 19.3 Å². The number of nitrogens with one attached hydrogen (secondary N) is 1. The summed E-state index contributed by atoms with van der Waals surface area (Å²) in [6.45, 7) is 4.31. The van der Waals surface area contributed by atoms with Gasteiger partial charge in [0.15, 0.2) is 0 Å². The monoisotopic (exact) mass is 378 g/mol. The van der Waals surface area contributed by atoms with Crippen LogP contribution in [0.5, 0.6) is 0 Å². The Bertz CT molecular complexity index is 599. The van der Waals surface area contributed by atoms with Gasteiger partial charge in [-0.15, -0.1) is 0 Å². The van der Waals surface area contributed by atoms with Crippen LogP contribution in [-0.2, 0) is 16.1 Å². The Morgan fingerprint density at radius 1 is 1.19 bits per heavy atom. The number of hydrogen-bond acceptors (Lipinski definition) is 2. The van der Waals surface area contributed by atoms with Gasteiger partial charge in [-0.25, -0.2) is 0 Å². The predicted molar refractivity (Wildman–Crippen MR) is 106 cm³/mol. The van der Waals surface area contributed by atoms with Crippen molar-refractivity contribution in [1.82, 2.24) is 10.2 Å². The Labute approximate surface area is 162 Å². The van der Waals surface area contributed by atoms with Crippen molar-refractivity contribution in [3.05, 3.63) is 34.9 Å². The van der Waals surface area contributed by atoms with Gasteiger partial charge >= 0.3 is 0 Å². The van der Waals surface area contributed by atoms with Crippen LogP contribution in [0.2, 0.25) is 5.02 Å². The summed E-state index contributed by atoms with van der Waals surface area (Å²) in [7, 11) is 0. The van der Waals surface area contributed by atoms with E-state index in [1.807, 2.05) is 38.1 Å². The van der Waals surface area contributed by atoms with Crippen LogP contribution in [0.15, 0.2) is 24.3 Å². The fourth-order valence-electron chi connectivity index (χ4n) is 3.63. The Morgan fingerprint density at radius 3 is 2.50 bits per heavy atom. The summed E-state index contributed by atoms with van der Waals surface area (Å²) in [6.07, 6.45) is 7.46. The molecule has 0 bridgehead atoms. The maximum Gasteiger partial charge on any atom is 0.243 e. The normalized spacial score (nSPS) is 16.1. The summed E-state index contributed by atoms with van der Waals surface area (Å²) in [6, 6.07) is 7.31. The van der Waals surface area contributed by atoms with Crippen LogP contribution in [-0.4, -0.2) is 28.8 Å². The first-order valence-corrected chi connectivity index (χ1v) is 10.3. The van der Waals surface area contributed by atoms with Gasteiger partial charge in [-0.3, -0.25) is 9.59 Å². The van der Waals surface area contributed by atoms with Crippen LogP contribution in [0.1, 0.15) is 70.8 Å². The number of carbonyl (C=O) groups is 2. The lowest BCUT2D eigenvalue weighted by Crippen LogP contribution is -2.51. The summed E-state index contributed by atoms with van der Waals surface area (Å²) >= 11 is 6.29. The van der Waals surface area contributed by atoms with Gasteiger partial charge in [-0.1, -0.05) is 62.9 Å². The minimum Gasteiger partial charge on any atom is -0.352 e. The van der Waals surface area contributed by atoms with Crippen LogP contribution in [0.3, 0.4) is 0 Å². The zero-order valence-corrected chi connectivity index (χ0v) is 16.7. The molecule has 1 aliphatic rings. The van der Waals surface area contributed by atoms with E-state index >= 15 is 0 Å². The van der Waals surface area contributed by atoms with Gasteiger partial charge in [0.2, 0.25) is 11.8 Å². The maximum absolute atomic E-state index is 12.9. The molecule has 1 atom stereocenters. The van der Waals surface area contributed by atoms with Gasteiger partial charge in [0.1, 0.15) is 6.04 Å². The van der Waals surface area contributed by atoms with Crippen molar-refractivity contribution in [2.24, 2.45) is 0 Å². The van der Waals surface area contributed by atoms with E-state index in [-0.39, 0.29) is 17.9 Å². The summed E-state index contributed by atoms with van der Waals surface area (Å²) < 4.78 is 0. The summed E-state index contributed by atoms with van der Waals surface area (Å²) in [5, 5.41) is 3.81. The van der Waals surface area contributed by atoms with Crippen LogP contribution < -0.4 is 5.32 Å². The molecule has 1 aromatic rings. The first-order chi connectivity index (χ1) is 12.6. The molecule has 0 aliphatic heterocycles. The minimum atomic E-state index is -0.452. The summed E-state index contributed by atoms with van der Waals surface area (Å²) in [4.78, 5) is 27.4. The SMILES string of the molecule is CCCC(=O)N(Cc1ccccc1Cl)[C@H](CC)C(=O)NC1CCCCC1. The molecule has 1 aromatic carbocycles. The van der Waals surface area contributed by atoms with Crippen molar-refractivity contribution in [1.29, 1.82) is 0 Å². The average Bonchev–Trinajstić information content (AvgIpc) is 2.64. The van der Waals surface area contributed by atoms with Crippen LogP contribution >= 0.6 is 11.6 Å². The number of carbonyl (C=O) groups excluding carboxylic acids is 2. The molecule has 1 aliphatic carbocycles. The molecule has 2 amide bonds. The van der Waals surface area contributed by atoms with E-state index in [0.717, 1.165) is 24.8 Å². The van der Waals surface area contributed by atoms with E-state index in [2.05, 4.69) is 5.32 Å². The second-order valence-corrected chi connectivity index (χ2v) is 7.54. The summed E-state index contributed by atoms with van der Waals surface area (Å²) in [5.74, 6) is -0.0195. The van der Waals surface area contributed by atoms with E-state index < -0.39 is 6.04 Å². The minimum absolute atomic E-state index is 0.0121. The van der Waals surface area contributed by atoms with Crippen LogP contribution in [0.4, 0.5) is 0 Å². The molecule has 0 aromatic heterocycles. The second-order valence-electron chi connectivity index (χ2n) is 7.13. The van der Waals surface area contributed by atoms with Crippen molar-refractivity contribution >= 4 is 23.4 Å². The Kier molecular flexibility index (Phi) is 8.43. The molecular formula is C21H31ClN2O2. The molecule has 5 heteroatoms. The van der Waals surface area contributed by atoms with Gasteiger partial charge in [-0.2, -0.15) is 0 Å². The second kappa shape index (κ2) is 10.6. The molecule has 26 heavy (non-hydrogen) atoms. The van der Waals surface area contributed by atoms with E-state index in [4.69, 9.17) is 11.6 Å². The standard InChI is InChI=1S/C21H31ClN2O2/c1-3-10-20(25)24(15-16-11-8-9-14-18(16)22)19(4-2)21(26)23-17-12-6-5-7-13-17/h8-9,11,14,17,19H,3-7,10,12-13,15H2,1-2H3,(H,23,26)/t19-/m1/s1. The Balaban J connectivity index is 2.15. The first kappa shape index (κ1) is 20.8. The van der Waals surface area contributed by atoms with Crippen molar-refractivity contribution < 1.29 is 9.59 Å². The highest BCUT2D eigenvalue weighted by Crippen LogP contribution is 2.22. The molecule has 0 unspecified atom stereocenters. The molecule has 1 N–H and O–H groups in total. The lowest BCUT2D eigenvalue weighted by atomic mass is 9.95. The van der Waals surface area contributed by atoms with Gasteiger partial charge in [0.25, 0.3) is 0 Å². The topological polar surface area (TPSA) is 49.4 Å². The van der Waals surface area contributed by atoms with Crippen molar-refractivity contribution in [3.8, 4) is 0 Å². The molecule has 0 radical (unpaired) electrons. The summed E-state index contributed by atoms with van der Waals surface area (Å²) in [5.41, 5.74) is 0.877. The lowest BCUT2D eigenvalue weighted by molar-refractivity contribution is -0.141. The average molecular weight is 379 g/mol. The third kappa shape index (κ3) is 5.73. The molecular weight excluding hydrogens is 348 g/mol. The maximum atomic E-state index is 12.9. The number of amides is 2. The number of halogens is 1. The van der Waals surface area contributed by atoms with Crippen LogP contribution in [0.25, 0.3) is 0 Å². The van der Waals surface area contributed by atoms with Crippen molar-refractivity contribution in [3.63, 3.8) is 0 Å². The molecule has 0 heterocycles. The number of hydrogen-bond donors (Lipinski definition) is 1. The third-order valence-corrected chi connectivity index (χ3v) is 5.47. The highest BCUT2D eigenvalue weighted by molar-refractivity contribution is 6.31. The van der Waals surface area contributed by atoms with Crippen molar-refractivity contribution in [2.75, 3.05) is 0 Å². The highest BCUT2D eigenvalue weighted by Gasteiger charge is 2.30. The zero-order valence-electron chi connectivity index (χ0n) is 16.0. The number of rotatable bonds is 8. The van der Waals surface area contributed by atoms with Gasteiger partial charge in [0.05, 0.1) is 0 Å². The fourth-order valence-corrected chi connectivity index (χ4v) is 3.83. The molecule has 0 spiro atoms. The predicted octanol–water partition coefficient (Wildman–Crippen LogP) is 4.70. The molecule has 2 rings (SSSR count). The molecule has 1 saturated carbocycles. The molecule has 1 fully saturated rings. The molecule has 4 nitrogen and oxygen atoms in total. The van der Waals surface area contributed by atoms with Crippen LogP contribution in [0, 0.1) is 0 Å². The third-order valence-electron chi connectivity index (χ3n) is 5.10. The smallest absolute Gasteiger partial charge is 0.243 e. The lowest BCUT2D eigenvalue weighted by Gasteiger charge is -2.33. The van der Waals surface area contributed by atoms with E-state index in [1.54, 1.807) is 4.90 Å². The van der Waals surface area contributed by atoms with Gasteiger partial charge in [0, 0.05) is 24.0 Å². The van der Waals surface area contributed by atoms with Gasteiger partial charge in [-0.05, 0) is 37.3 Å². The van der Waals surface area contributed by atoms with E-state index in [0.29, 0.717) is 24.4 Å². The molecule has 144 valence electrons. The highest BCUT2D eigenvalue weighted by atomic mass is 35.5. The quantitative estimate of drug-likeness (QED) is 0.712. The first-order valence-electron chi connectivity index (χ1n) is 9.90. The van der Waals surface area contributed by atoms with Crippen molar-refractivity contribution in [2.45, 2.75) is 83.8 Å². The Hall–Kier alpha value is -1.55. The van der Waals surface area contributed by atoms with Gasteiger partial charge < -0.3 is 10.2 Å². The molecule has 0 saturated heterocycles. The number of nitrogens with zero attached hydrogens (tertiary/aromatic N) is 1. The fraction of sp³-hybridized carbons (Fsp3) is 0.619. The largest absolute Gasteiger partial charge is 0.352 e.